The maximum atomic E-state index is 13.1. The van der Waals surface area contributed by atoms with Crippen molar-refractivity contribution >= 4 is 62.3 Å². The molecule has 2 rings (SSSR count). The highest BCUT2D eigenvalue weighted by atomic mass is 79.9. The smallest absolute Gasteiger partial charge is 0.228 e. The zero-order chi connectivity index (χ0) is 15.6. The maximum Gasteiger partial charge on any atom is 0.228 e. The predicted octanol–water partition coefficient (Wildman–Crippen LogP) is 5.73. The van der Waals surface area contributed by atoms with Gasteiger partial charge in [-0.15, -0.1) is 0 Å². The minimum atomic E-state index is -0.491. The second kappa shape index (κ2) is 6.97. The van der Waals surface area contributed by atoms with Crippen molar-refractivity contribution in [3.8, 4) is 0 Å². The molecular formula is C14H8BrCl3FNO. The highest BCUT2D eigenvalue weighted by molar-refractivity contribution is 9.10. The van der Waals surface area contributed by atoms with Crippen LogP contribution >= 0.6 is 50.7 Å². The van der Waals surface area contributed by atoms with E-state index in [-0.39, 0.29) is 17.4 Å². The SMILES string of the molecule is O=C(Cc1ccc(Cl)c(Cl)c1)Nc1c(Cl)cc(F)cc1Br. The van der Waals surface area contributed by atoms with E-state index in [1.54, 1.807) is 18.2 Å². The lowest BCUT2D eigenvalue weighted by atomic mass is 10.1. The fourth-order valence-corrected chi connectivity index (χ4v) is 2.90. The first-order valence-electron chi connectivity index (χ1n) is 5.75. The third-order valence-electron chi connectivity index (χ3n) is 2.62. The van der Waals surface area contributed by atoms with E-state index in [1.807, 2.05) is 0 Å². The molecule has 0 aliphatic rings. The number of carbonyl (C=O) groups excluding carboxylic acids is 1. The molecule has 2 nitrogen and oxygen atoms in total. The molecule has 0 aromatic heterocycles. The van der Waals surface area contributed by atoms with Gasteiger partial charge in [-0.1, -0.05) is 40.9 Å². The first-order valence-corrected chi connectivity index (χ1v) is 7.68. The van der Waals surface area contributed by atoms with Gasteiger partial charge in [0.05, 0.1) is 27.2 Å². The van der Waals surface area contributed by atoms with Crippen molar-refractivity contribution in [2.24, 2.45) is 0 Å². The number of hydrogen-bond donors (Lipinski definition) is 1. The molecule has 0 aliphatic heterocycles. The number of hydrogen-bond acceptors (Lipinski definition) is 1. The van der Waals surface area contributed by atoms with Gasteiger partial charge in [0.25, 0.3) is 0 Å². The van der Waals surface area contributed by atoms with Crippen molar-refractivity contribution in [2.45, 2.75) is 6.42 Å². The Balaban J connectivity index is 2.13. The second-order valence-electron chi connectivity index (χ2n) is 4.22. The standard InChI is InChI=1S/C14H8BrCl3FNO/c15-9-5-8(19)6-12(18)14(9)20-13(21)4-7-1-2-10(16)11(17)3-7/h1-3,5-6H,4H2,(H,20,21). The highest BCUT2D eigenvalue weighted by Crippen LogP contribution is 2.32. The maximum absolute atomic E-state index is 13.1. The molecule has 1 amide bonds. The van der Waals surface area contributed by atoms with Gasteiger partial charge < -0.3 is 5.32 Å². The van der Waals surface area contributed by atoms with Gasteiger partial charge in [-0.2, -0.15) is 0 Å². The van der Waals surface area contributed by atoms with Crippen LogP contribution in [0.1, 0.15) is 5.56 Å². The van der Waals surface area contributed by atoms with Crippen LogP contribution in [0, 0.1) is 5.82 Å². The molecule has 0 aliphatic carbocycles. The number of anilines is 1. The van der Waals surface area contributed by atoms with E-state index in [9.17, 15) is 9.18 Å². The number of nitrogens with one attached hydrogen (secondary N) is 1. The van der Waals surface area contributed by atoms with E-state index in [4.69, 9.17) is 34.8 Å². The predicted molar refractivity (Wildman–Crippen MR) is 87.9 cm³/mol. The van der Waals surface area contributed by atoms with Crippen LogP contribution in [0.25, 0.3) is 0 Å². The van der Waals surface area contributed by atoms with Crippen LogP contribution in [0.4, 0.5) is 10.1 Å². The van der Waals surface area contributed by atoms with Crippen molar-refractivity contribution in [1.82, 2.24) is 0 Å². The lowest BCUT2D eigenvalue weighted by molar-refractivity contribution is -0.115. The third-order valence-corrected chi connectivity index (χ3v) is 4.28. The van der Waals surface area contributed by atoms with Gasteiger partial charge in [0, 0.05) is 4.47 Å². The van der Waals surface area contributed by atoms with Gasteiger partial charge in [0.15, 0.2) is 0 Å². The van der Waals surface area contributed by atoms with Crippen molar-refractivity contribution < 1.29 is 9.18 Å². The molecule has 0 radical (unpaired) electrons. The molecule has 0 fully saturated rings. The van der Waals surface area contributed by atoms with Gasteiger partial charge in [-0.25, -0.2) is 4.39 Å². The number of amides is 1. The van der Waals surface area contributed by atoms with Gasteiger partial charge >= 0.3 is 0 Å². The largest absolute Gasteiger partial charge is 0.324 e. The number of halogens is 5. The van der Waals surface area contributed by atoms with Crippen LogP contribution in [0.2, 0.25) is 15.1 Å². The molecule has 2 aromatic rings. The lowest BCUT2D eigenvalue weighted by Crippen LogP contribution is -2.15. The van der Waals surface area contributed by atoms with Crippen molar-refractivity contribution in [3.63, 3.8) is 0 Å². The average molecular weight is 411 g/mol. The summed E-state index contributed by atoms with van der Waals surface area (Å²) in [7, 11) is 0. The van der Waals surface area contributed by atoms with Gasteiger partial charge in [0.1, 0.15) is 5.82 Å². The molecule has 21 heavy (non-hydrogen) atoms. The Morgan fingerprint density at radius 1 is 1.10 bits per heavy atom. The molecule has 0 saturated heterocycles. The summed E-state index contributed by atoms with van der Waals surface area (Å²) in [5.74, 6) is -0.794. The summed E-state index contributed by atoms with van der Waals surface area (Å²) in [6.07, 6.45) is 0.0943. The fourth-order valence-electron chi connectivity index (χ4n) is 1.68. The van der Waals surface area contributed by atoms with Crippen LogP contribution in [0.5, 0.6) is 0 Å². The summed E-state index contributed by atoms with van der Waals surface area (Å²) < 4.78 is 13.5. The van der Waals surface area contributed by atoms with Gasteiger partial charge in [-0.3, -0.25) is 4.79 Å². The molecule has 2 aromatic carbocycles. The van der Waals surface area contributed by atoms with E-state index >= 15 is 0 Å². The lowest BCUT2D eigenvalue weighted by Gasteiger charge is -2.10. The molecule has 0 unspecified atom stereocenters. The van der Waals surface area contributed by atoms with Crippen molar-refractivity contribution in [2.75, 3.05) is 5.32 Å². The molecule has 0 atom stereocenters. The van der Waals surface area contributed by atoms with E-state index < -0.39 is 5.82 Å². The average Bonchev–Trinajstić information content (AvgIpc) is 2.38. The first-order chi connectivity index (χ1) is 9.86. The van der Waals surface area contributed by atoms with E-state index in [1.165, 1.54) is 6.07 Å². The van der Waals surface area contributed by atoms with Crippen LogP contribution < -0.4 is 5.32 Å². The normalized spacial score (nSPS) is 10.5. The first kappa shape index (κ1) is 16.6. The minimum Gasteiger partial charge on any atom is -0.324 e. The topological polar surface area (TPSA) is 29.1 Å². The molecule has 0 heterocycles. The van der Waals surface area contributed by atoms with Gasteiger partial charge in [-0.05, 0) is 45.8 Å². The Labute approximate surface area is 144 Å². The Kier molecular flexibility index (Phi) is 5.49. The van der Waals surface area contributed by atoms with Crippen LogP contribution in [-0.2, 0) is 11.2 Å². The Morgan fingerprint density at radius 2 is 1.81 bits per heavy atom. The summed E-state index contributed by atoms with van der Waals surface area (Å²) in [6, 6.07) is 7.29. The van der Waals surface area contributed by atoms with Crippen LogP contribution in [-0.4, -0.2) is 5.91 Å². The zero-order valence-corrected chi connectivity index (χ0v) is 14.2. The number of benzene rings is 2. The summed E-state index contributed by atoms with van der Waals surface area (Å²) in [5, 5.41) is 3.54. The molecule has 1 N–H and O–H groups in total. The summed E-state index contributed by atoms with van der Waals surface area (Å²) in [4.78, 5) is 12.0. The van der Waals surface area contributed by atoms with E-state index in [2.05, 4.69) is 21.2 Å². The number of carbonyl (C=O) groups is 1. The fraction of sp³-hybridized carbons (Fsp3) is 0.0714. The molecule has 0 spiro atoms. The summed E-state index contributed by atoms with van der Waals surface area (Å²) in [6.45, 7) is 0. The van der Waals surface area contributed by atoms with Crippen LogP contribution in [0.3, 0.4) is 0 Å². The van der Waals surface area contributed by atoms with Crippen molar-refractivity contribution in [3.05, 3.63) is 61.3 Å². The number of rotatable bonds is 3. The second-order valence-corrected chi connectivity index (χ2v) is 6.29. The molecule has 7 heteroatoms. The quantitative estimate of drug-likeness (QED) is 0.687. The summed E-state index contributed by atoms with van der Waals surface area (Å²) >= 11 is 20.8. The third kappa shape index (κ3) is 4.33. The monoisotopic (exact) mass is 409 g/mol. The highest BCUT2D eigenvalue weighted by Gasteiger charge is 2.12. The van der Waals surface area contributed by atoms with Crippen molar-refractivity contribution in [1.29, 1.82) is 0 Å². The molecular weight excluding hydrogens is 403 g/mol. The Bertz CT molecular complexity index is 686. The van der Waals surface area contributed by atoms with Crippen LogP contribution in [0.15, 0.2) is 34.8 Å². The van der Waals surface area contributed by atoms with Gasteiger partial charge in [0.2, 0.25) is 5.91 Å². The molecule has 110 valence electrons. The summed E-state index contributed by atoms with van der Waals surface area (Å²) in [5.41, 5.74) is 1.03. The molecule has 0 saturated carbocycles. The Morgan fingerprint density at radius 3 is 2.43 bits per heavy atom. The molecule has 0 bridgehead atoms. The van der Waals surface area contributed by atoms with E-state index in [0.717, 1.165) is 6.07 Å². The van der Waals surface area contributed by atoms with E-state index in [0.29, 0.717) is 25.8 Å². The Hall–Kier alpha value is -0.810. The zero-order valence-electron chi connectivity index (χ0n) is 10.4. The minimum absolute atomic E-state index is 0.0943.